The standard InChI is InChI=1S/C21H24ClNO5/c1-2-27-15-6-3-12(4-7-15)9-14-10-13(5-8-16(14)22)21-20(26)19(25)18(24)17(11-23)28-21/h3-8,10-11,17-21,23-26H,2,9H2,1H3. The van der Waals surface area contributed by atoms with Gasteiger partial charge in [0.25, 0.3) is 0 Å². The molecule has 2 aromatic rings. The fraction of sp³-hybridized carbons (Fsp3) is 0.381. The third-order valence-electron chi connectivity index (χ3n) is 4.84. The molecule has 1 saturated heterocycles. The van der Waals surface area contributed by atoms with Crippen LogP contribution < -0.4 is 4.74 Å². The molecule has 28 heavy (non-hydrogen) atoms. The Balaban J connectivity index is 1.83. The maximum absolute atomic E-state index is 10.3. The minimum absolute atomic E-state index is 0.571. The van der Waals surface area contributed by atoms with Gasteiger partial charge in [0.15, 0.2) is 0 Å². The zero-order chi connectivity index (χ0) is 20.3. The van der Waals surface area contributed by atoms with Crippen molar-refractivity contribution >= 4 is 17.8 Å². The van der Waals surface area contributed by atoms with Crippen LogP contribution in [0.2, 0.25) is 5.02 Å². The predicted molar refractivity (Wildman–Crippen MR) is 106 cm³/mol. The first-order valence-corrected chi connectivity index (χ1v) is 9.52. The number of hydrogen-bond donors (Lipinski definition) is 4. The second-order valence-corrected chi connectivity index (χ2v) is 7.17. The summed E-state index contributed by atoms with van der Waals surface area (Å²) in [6.45, 7) is 2.54. The zero-order valence-corrected chi connectivity index (χ0v) is 16.2. The van der Waals surface area contributed by atoms with Gasteiger partial charge in [0.1, 0.15) is 36.3 Å². The first-order valence-electron chi connectivity index (χ1n) is 9.15. The number of benzene rings is 2. The molecule has 0 saturated carbocycles. The lowest BCUT2D eigenvalue weighted by Crippen LogP contribution is -2.54. The van der Waals surface area contributed by atoms with Gasteiger partial charge in [-0.2, -0.15) is 0 Å². The number of nitrogens with one attached hydrogen (secondary N) is 1. The Morgan fingerprint density at radius 1 is 1.07 bits per heavy atom. The Hall–Kier alpha value is -1.96. The molecular formula is C21H24ClNO5. The number of aliphatic hydroxyl groups excluding tert-OH is 3. The molecule has 0 spiro atoms. The molecule has 1 aliphatic rings. The molecule has 1 heterocycles. The van der Waals surface area contributed by atoms with Gasteiger partial charge in [0.05, 0.1) is 6.61 Å². The molecule has 2 aromatic carbocycles. The summed E-state index contributed by atoms with van der Waals surface area (Å²) in [5.74, 6) is 0.801. The molecule has 0 aromatic heterocycles. The summed E-state index contributed by atoms with van der Waals surface area (Å²) in [6, 6.07) is 13.0. The highest BCUT2D eigenvalue weighted by Gasteiger charge is 2.43. The lowest BCUT2D eigenvalue weighted by atomic mass is 9.90. The molecular weight excluding hydrogens is 382 g/mol. The summed E-state index contributed by atoms with van der Waals surface area (Å²) in [6.07, 6.45) is -4.44. The molecule has 6 nitrogen and oxygen atoms in total. The van der Waals surface area contributed by atoms with E-state index in [9.17, 15) is 15.3 Å². The van der Waals surface area contributed by atoms with E-state index < -0.39 is 30.5 Å². The Morgan fingerprint density at radius 3 is 2.43 bits per heavy atom. The summed E-state index contributed by atoms with van der Waals surface area (Å²) in [7, 11) is 0. The van der Waals surface area contributed by atoms with E-state index in [1.807, 2.05) is 37.3 Å². The number of aliphatic hydroxyl groups is 3. The van der Waals surface area contributed by atoms with Crippen molar-refractivity contribution in [3.05, 3.63) is 64.2 Å². The summed E-state index contributed by atoms with van der Waals surface area (Å²) in [4.78, 5) is 0. The molecule has 0 bridgehead atoms. The molecule has 1 fully saturated rings. The molecule has 0 amide bonds. The van der Waals surface area contributed by atoms with Gasteiger partial charge in [-0.1, -0.05) is 35.9 Å². The van der Waals surface area contributed by atoms with Crippen LogP contribution in [-0.2, 0) is 11.2 Å². The largest absolute Gasteiger partial charge is 0.494 e. The molecule has 0 radical (unpaired) electrons. The quantitative estimate of drug-likeness (QED) is 0.553. The van der Waals surface area contributed by atoms with Crippen molar-refractivity contribution in [2.45, 2.75) is 43.9 Å². The van der Waals surface area contributed by atoms with E-state index in [-0.39, 0.29) is 0 Å². The van der Waals surface area contributed by atoms with Crippen LogP contribution in [0, 0.1) is 5.41 Å². The van der Waals surface area contributed by atoms with Crippen molar-refractivity contribution in [3.8, 4) is 5.75 Å². The fourth-order valence-electron chi connectivity index (χ4n) is 3.32. The number of halogens is 1. The van der Waals surface area contributed by atoms with Gasteiger partial charge in [-0.15, -0.1) is 0 Å². The van der Waals surface area contributed by atoms with Crippen LogP contribution in [0.1, 0.15) is 29.7 Å². The lowest BCUT2D eigenvalue weighted by Gasteiger charge is -2.39. The average molecular weight is 406 g/mol. The van der Waals surface area contributed by atoms with Gasteiger partial charge in [-0.3, -0.25) is 0 Å². The van der Waals surface area contributed by atoms with Gasteiger partial charge in [-0.05, 0) is 48.2 Å². The first-order chi connectivity index (χ1) is 13.4. The molecule has 5 unspecified atom stereocenters. The van der Waals surface area contributed by atoms with Crippen LogP contribution in [0.25, 0.3) is 0 Å². The third-order valence-corrected chi connectivity index (χ3v) is 5.21. The van der Waals surface area contributed by atoms with Crippen LogP contribution in [-0.4, -0.2) is 52.6 Å². The van der Waals surface area contributed by atoms with E-state index in [0.717, 1.165) is 23.1 Å². The summed E-state index contributed by atoms with van der Waals surface area (Å²) in [5.41, 5.74) is 2.50. The zero-order valence-electron chi connectivity index (χ0n) is 15.5. The highest BCUT2D eigenvalue weighted by Crippen LogP contribution is 2.34. The second-order valence-electron chi connectivity index (χ2n) is 6.76. The van der Waals surface area contributed by atoms with Gasteiger partial charge in [0, 0.05) is 11.2 Å². The molecule has 0 aliphatic carbocycles. The average Bonchev–Trinajstić information content (AvgIpc) is 2.70. The van der Waals surface area contributed by atoms with Crippen molar-refractivity contribution in [3.63, 3.8) is 0 Å². The van der Waals surface area contributed by atoms with Crippen LogP contribution in [0.4, 0.5) is 0 Å². The van der Waals surface area contributed by atoms with Crippen molar-refractivity contribution in [1.82, 2.24) is 0 Å². The normalized spacial score (nSPS) is 27.4. The van der Waals surface area contributed by atoms with Gasteiger partial charge in [-0.25, -0.2) is 0 Å². The highest BCUT2D eigenvalue weighted by atomic mass is 35.5. The highest BCUT2D eigenvalue weighted by molar-refractivity contribution is 6.31. The monoisotopic (exact) mass is 405 g/mol. The van der Waals surface area contributed by atoms with Crippen LogP contribution >= 0.6 is 11.6 Å². The van der Waals surface area contributed by atoms with E-state index in [1.165, 1.54) is 0 Å². The molecule has 4 N–H and O–H groups in total. The molecule has 150 valence electrons. The van der Waals surface area contributed by atoms with E-state index in [1.54, 1.807) is 12.1 Å². The van der Waals surface area contributed by atoms with Crippen molar-refractivity contribution < 1.29 is 24.8 Å². The summed E-state index contributed by atoms with van der Waals surface area (Å²) >= 11 is 6.36. The Kier molecular flexibility index (Phi) is 6.69. The Bertz CT molecular complexity index is 813. The SMILES string of the molecule is CCOc1ccc(Cc2cc(C3OC(C=N)C(O)C(O)C3O)ccc2Cl)cc1. The van der Waals surface area contributed by atoms with E-state index in [4.69, 9.17) is 26.5 Å². The van der Waals surface area contributed by atoms with Crippen LogP contribution in [0.5, 0.6) is 5.75 Å². The minimum Gasteiger partial charge on any atom is -0.494 e. The van der Waals surface area contributed by atoms with Gasteiger partial charge in [0.2, 0.25) is 0 Å². The van der Waals surface area contributed by atoms with Gasteiger partial charge >= 0.3 is 0 Å². The van der Waals surface area contributed by atoms with Crippen molar-refractivity contribution in [2.24, 2.45) is 0 Å². The lowest BCUT2D eigenvalue weighted by molar-refractivity contribution is -0.205. The van der Waals surface area contributed by atoms with Gasteiger partial charge < -0.3 is 30.2 Å². The molecule has 7 heteroatoms. The van der Waals surface area contributed by atoms with Crippen molar-refractivity contribution in [1.29, 1.82) is 5.41 Å². The number of hydrogen-bond acceptors (Lipinski definition) is 6. The molecule has 1 aliphatic heterocycles. The molecule has 5 atom stereocenters. The summed E-state index contributed by atoms with van der Waals surface area (Å²) in [5, 5.41) is 38.3. The Labute approximate surface area is 168 Å². The predicted octanol–water partition coefficient (Wildman–Crippen LogP) is 2.50. The minimum atomic E-state index is -1.41. The Morgan fingerprint density at radius 2 is 1.79 bits per heavy atom. The smallest absolute Gasteiger partial charge is 0.121 e. The van der Waals surface area contributed by atoms with Crippen LogP contribution in [0.15, 0.2) is 42.5 Å². The maximum atomic E-state index is 10.3. The molecule has 3 rings (SSSR count). The van der Waals surface area contributed by atoms with E-state index >= 15 is 0 Å². The van der Waals surface area contributed by atoms with E-state index in [0.29, 0.717) is 23.6 Å². The third kappa shape index (κ3) is 4.37. The van der Waals surface area contributed by atoms with E-state index in [2.05, 4.69) is 0 Å². The summed E-state index contributed by atoms with van der Waals surface area (Å²) < 4.78 is 11.1. The maximum Gasteiger partial charge on any atom is 0.121 e. The first kappa shape index (κ1) is 20.8. The fourth-order valence-corrected chi connectivity index (χ4v) is 3.50. The van der Waals surface area contributed by atoms with Crippen LogP contribution in [0.3, 0.4) is 0 Å². The number of rotatable bonds is 6. The topological polar surface area (TPSA) is 103 Å². The van der Waals surface area contributed by atoms with Crippen molar-refractivity contribution in [2.75, 3.05) is 6.61 Å². The second kappa shape index (κ2) is 9.03. The number of ether oxygens (including phenoxy) is 2.